The van der Waals surface area contributed by atoms with Crippen molar-refractivity contribution in [1.29, 1.82) is 0 Å². The third kappa shape index (κ3) is 1.97. The van der Waals surface area contributed by atoms with Gasteiger partial charge in [-0.3, -0.25) is 0 Å². The Morgan fingerprint density at radius 2 is 1.62 bits per heavy atom. The average molecular weight is 339 g/mol. The molecule has 1 heterocycles. The summed E-state index contributed by atoms with van der Waals surface area (Å²) in [5.74, 6) is 0. The number of hydrogen-bond donors (Lipinski definition) is 1. The second-order valence-electron chi connectivity index (χ2n) is 4.85. The highest BCUT2D eigenvalue weighted by Gasteiger charge is 2.09. The van der Waals surface area contributed by atoms with E-state index in [4.69, 9.17) is 5.73 Å². The molecule has 0 spiro atoms. The first-order valence-electron chi connectivity index (χ1n) is 6.52. The maximum Gasteiger partial charge on any atom is 0.115 e. The van der Waals surface area contributed by atoms with Crippen LogP contribution < -0.4 is 5.73 Å². The van der Waals surface area contributed by atoms with E-state index in [0.717, 1.165) is 32.0 Å². The van der Waals surface area contributed by atoms with Crippen LogP contribution in [0.1, 0.15) is 0 Å². The van der Waals surface area contributed by atoms with E-state index in [2.05, 4.69) is 44.3 Å². The molecule has 0 bridgehead atoms. The molecule has 21 heavy (non-hydrogen) atoms. The summed E-state index contributed by atoms with van der Waals surface area (Å²) in [5, 5.41) is 11.4. The summed E-state index contributed by atoms with van der Waals surface area (Å²) in [6.45, 7) is 0. The van der Waals surface area contributed by atoms with Gasteiger partial charge in [0.1, 0.15) is 11.0 Å². The van der Waals surface area contributed by atoms with Crippen molar-refractivity contribution < 1.29 is 0 Å². The zero-order chi connectivity index (χ0) is 14.4. The van der Waals surface area contributed by atoms with Crippen LogP contribution in [0, 0.1) is 0 Å². The van der Waals surface area contributed by atoms with E-state index in [1.807, 2.05) is 36.4 Å². The van der Waals surface area contributed by atoms with Crippen LogP contribution in [0.5, 0.6) is 0 Å². The number of nitrogen functional groups attached to an aromatic ring is 1. The van der Waals surface area contributed by atoms with Gasteiger partial charge in [0.25, 0.3) is 0 Å². The summed E-state index contributed by atoms with van der Waals surface area (Å²) in [7, 11) is 0. The molecule has 0 radical (unpaired) electrons. The molecule has 0 aliphatic carbocycles. The van der Waals surface area contributed by atoms with Gasteiger partial charge in [-0.15, -0.1) is 15.0 Å². The first-order valence-corrected chi connectivity index (χ1v) is 7.32. The summed E-state index contributed by atoms with van der Waals surface area (Å²) >= 11 is 3.42. The lowest BCUT2D eigenvalue weighted by Crippen LogP contribution is -1.99. The molecule has 3 aromatic carbocycles. The molecule has 0 saturated carbocycles. The van der Waals surface area contributed by atoms with Crippen molar-refractivity contribution >= 4 is 43.4 Å². The lowest BCUT2D eigenvalue weighted by molar-refractivity contribution is 0.771. The van der Waals surface area contributed by atoms with Gasteiger partial charge in [0.15, 0.2) is 0 Å². The van der Waals surface area contributed by atoms with Crippen molar-refractivity contribution in [1.82, 2.24) is 15.0 Å². The summed E-state index contributed by atoms with van der Waals surface area (Å²) in [6.07, 6.45) is 0. The average Bonchev–Trinajstić information content (AvgIpc) is 2.90. The Morgan fingerprint density at radius 3 is 2.48 bits per heavy atom. The molecular weight excluding hydrogens is 328 g/mol. The van der Waals surface area contributed by atoms with Gasteiger partial charge < -0.3 is 5.73 Å². The predicted molar refractivity (Wildman–Crippen MR) is 88.5 cm³/mol. The quantitative estimate of drug-likeness (QED) is 0.535. The number of aromatic nitrogens is 3. The molecule has 4 rings (SSSR count). The van der Waals surface area contributed by atoms with E-state index in [9.17, 15) is 0 Å². The zero-order valence-electron chi connectivity index (χ0n) is 11.0. The van der Waals surface area contributed by atoms with Crippen molar-refractivity contribution in [3.63, 3.8) is 0 Å². The highest BCUT2D eigenvalue weighted by atomic mass is 79.9. The monoisotopic (exact) mass is 338 g/mol. The standard InChI is InChI=1S/C16H11BrN4/c17-12-8-14-15(9-13(12)18)20-21(19-14)16-7-3-5-10-4-1-2-6-11(10)16/h1-9H,18H2. The minimum atomic E-state index is 0.660. The van der Waals surface area contributed by atoms with Gasteiger partial charge in [-0.1, -0.05) is 36.4 Å². The van der Waals surface area contributed by atoms with Crippen molar-refractivity contribution in [3.8, 4) is 5.69 Å². The predicted octanol–water partition coefficient (Wildman–Crippen LogP) is 3.92. The number of hydrogen-bond acceptors (Lipinski definition) is 3. The maximum atomic E-state index is 5.90. The van der Waals surface area contributed by atoms with Crippen LogP contribution >= 0.6 is 15.9 Å². The summed E-state index contributed by atoms with van der Waals surface area (Å²) in [6, 6.07) is 18.0. The Bertz CT molecular complexity index is 930. The fourth-order valence-electron chi connectivity index (χ4n) is 2.44. The van der Waals surface area contributed by atoms with Crippen LogP contribution in [0.3, 0.4) is 0 Å². The van der Waals surface area contributed by atoms with Crippen molar-refractivity contribution in [3.05, 3.63) is 59.1 Å². The first-order chi connectivity index (χ1) is 10.2. The van der Waals surface area contributed by atoms with E-state index in [0.29, 0.717) is 5.69 Å². The fourth-order valence-corrected chi connectivity index (χ4v) is 2.78. The van der Waals surface area contributed by atoms with Gasteiger partial charge in [-0.2, -0.15) is 0 Å². The Balaban J connectivity index is 2.00. The van der Waals surface area contributed by atoms with Crippen molar-refractivity contribution in [2.75, 3.05) is 5.73 Å². The molecule has 0 fully saturated rings. The molecule has 0 aliphatic rings. The second-order valence-corrected chi connectivity index (χ2v) is 5.70. The minimum absolute atomic E-state index is 0.660. The molecule has 0 atom stereocenters. The molecule has 5 heteroatoms. The molecule has 0 amide bonds. The lowest BCUT2D eigenvalue weighted by Gasteiger charge is -2.04. The van der Waals surface area contributed by atoms with E-state index in [1.165, 1.54) is 0 Å². The molecule has 0 unspecified atom stereocenters. The molecule has 0 saturated heterocycles. The molecule has 1 aromatic heterocycles. The molecule has 4 aromatic rings. The number of benzene rings is 3. The largest absolute Gasteiger partial charge is 0.398 e. The SMILES string of the molecule is Nc1cc2nn(-c3cccc4ccccc34)nc2cc1Br. The van der Waals surface area contributed by atoms with Crippen LogP contribution in [0.2, 0.25) is 0 Å². The van der Waals surface area contributed by atoms with Gasteiger partial charge >= 0.3 is 0 Å². The highest BCUT2D eigenvalue weighted by Crippen LogP contribution is 2.26. The normalized spacial score (nSPS) is 11.3. The van der Waals surface area contributed by atoms with Gasteiger partial charge in [-0.25, -0.2) is 0 Å². The summed E-state index contributed by atoms with van der Waals surface area (Å²) in [4.78, 5) is 1.67. The van der Waals surface area contributed by atoms with Gasteiger partial charge in [0.05, 0.1) is 5.69 Å². The lowest BCUT2D eigenvalue weighted by atomic mass is 10.1. The van der Waals surface area contributed by atoms with Crippen LogP contribution in [0.25, 0.3) is 27.5 Å². The number of nitrogens with zero attached hydrogens (tertiary/aromatic N) is 3. The number of nitrogens with two attached hydrogens (primary N) is 1. The van der Waals surface area contributed by atoms with Crippen LogP contribution in [0.4, 0.5) is 5.69 Å². The number of rotatable bonds is 1. The Hall–Kier alpha value is -2.40. The number of halogens is 1. The third-order valence-electron chi connectivity index (χ3n) is 3.48. The van der Waals surface area contributed by atoms with Crippen LogP contribution in [-0.4, -0.2) is 15.0 Å². The van der Waals surface area contributed by atoms with Gasteiger partial charge in [0.2, 0.25) is 0 Å². The third-order valence-corrected chi connectivity index (χ3v) is 4.17. The van der Waals surface area contributed by atoms with E-state index < -0.39 is 0 Å². The number of fused-ring (bicyclic) bond motifs is 2. The Morgan fingerprint density at radius 1 is 0.905 bits per heavy atom. The Kier molecular flexibility index (Phi) is 2.68. The molecule has 4 nitrogen and oxygen atoms in total. The smallest absolute Gasteiger partial charge is 0.115 e. The second kappa shape index (κ2) is 4.56. The van der Waals surface area contributed by atoms with E-state index in [-0.39, 0.29) is 0 Å². The van der Waals surface area contributed by atoms with E-state index in [1.54, 1.807) is 4.80 Å². The Labute approximate surface area is 129 Å². The summed E-state index contributed by atoms with van der Waals surface area (Å²) in [5.41, 5.74) is 9.11. The topological polar surface area (TPSA) is 56.7 Å². The van der Waals surface area contributed by atoms with Crippen molar-refractivity contribution in [2.24, 2.45) is 0 Å². The van der Waals surface area contributed by atoms with Gasteiger partial charge in [0, 0.05) is 15.5 Å². The first kappa shape index (κ1) is 12.3. The van der Waals surface area contributed by atoms with Crippen LogP contribution in [0.15, 0.2) is 59.1 Å². The fraction of sp³-hybridized carbons (Fsp3) is 0. The highest BCUT2D eigenvalue weighted by molar-refractivity contribution is 9.10. The number of anilines is 1. The van der Waals surface area contributed by atoms with Crippen LogP contribution in [-0.2, 0) is 0 Å². The molecular formula is C16H11BrN4. The van der Waals surface area contributed by atoms with Crippen molar-refractivity contribution in [2.45, 2.75) is 0 Å². The van der Waals surface area contributed by atoms with Gasteiger partial charge in [-0.05, 0) is 39.5 Å². The van der Waals surface area contributed by atoms with E-state index >= 15 is 0 Å². The molecule has 0 aliphatic heterocycles. The zero-order valence-corrected chi connectivity index (χ0v) is 12.6. The molecule has 2 N–H and O–H groups in total. The maximum absolute atomic E-state index is 5.90. The molecule has 102 valence electrons. The minimum Gasteiger partial charge on any atom is -0.398 e. The summed E-state index contributed by atoms with van der Waals surface area (Å²) < 4.78 is 0.833.